The van der Waals surface area contributed by atoms with Gasteiger partial charge in [-0.3, -0.25) is 14.6 Å². The van der Waals surface area contributed by atoms with E-state index in [0.717, 1.165) is 67.8 Å². The number of aliphatic hydroxyl groups excluding tert-OH is 1. The minimum absolute atomic E-state index is 0.0643. The third-order valence-corrected chi connectivity index (χ3v) is 6.09. The average molecular weight is 446 g/mol. The topological polar surface area (TPSA) is 56.2 Å². The van der Waals surface area contributed by atoms with Crippen LogP contribution in [0.25, 0.3) is 0 Å². The summed E-state index contributed by atoms with van der Waals surface area (Å²) < 4.78 is 33.3. The Bertz CT molecular complexity index is 948. The van der Waals surface area contributed by atoms with Crippen LogP contribution in [0.3, 0.4) is 0 Å². The minimum atomic E-state index is -0.576. The highest BCUT2D eigenvalue weighted by Gasteiger charge is 2.22. The molecule has 32 heavy (non-hydrogen) atoms. The number of fused-ring (bicyclic) bond motifs is 1. The summed E-state index contributed by atoms with van der Waals surface area (Å²) in [4.78, 5) is 19.1. The lowest BCUT2D eigenvalue weighted by Gasteiger charge is -2.34. The molecular weight excluding hydrogens is 416 g/mol. The molecule has 2 aliphatic heterocycles. The van der Waals surface area contributed by atoms with Crippen LogP contribution < -0.4 is 4.74 Å². The molecule has 1 amide bonds. The number of benzene rings is 2. The third-order valence-electron chi connectivity index (χ3n) is 6.09. The summed E-state index contributed by atoms with van der Waals surface area (Å²) in [6.45, 7) is 6.60. The fraction of sp³-hybridized carbons (Fsp3) is 0.458. The minimum Gasteiger partial charge on any atom is -0.491 e. The normalized spacial score (nSPS) is 17.5. The Morgan fingerprint density at radius 1 is 1.00 bits per heavy atom. The first-order valence-electron chi connectivity index (χ1n) is 11.0. The lowest BCUT2D eigenvalue weighted by Crippen LogP contribution is -2.46. The highest BCUT2D eigenvalue weighted by Crippen LogP contribution is 2.26. The first-order valence-corrected chi connectivity index (χ1v) is 11.0. The fourth-order valence-electron chi connectivity index (χ4n) is 4.28. The number of amides is 1. The molecule has 2 heterocycles. The summed E-state index contributed by atoms with van der Waals surface area (Å²) in [6.07, 6.45) is -0.184. The smallest absolute Gasteiger partial charge is 0.227 e. The standard InChI is InChI=1S/C24H29F2N3O3/c25-21-2-3-22(26)19(14-21)15-24(31)29-10-12-32-23-4-1-18(13-20(23)17-29)16-28-7-5-27(6-8-28)9-11-30/h1-4,13-14,30H,5-12,15-17H2. The molecule has 1 saturated heterocycles. The maximum Gasteiger partial charge on any atom is 0.227 e. The van der Waals surface area contributed by atoms with Crippen molar-refractivity contribution in [3.63, 3.8) is 0 Å². The van der Waals surface area contributed by atoms with Gasteiger partial charge >= 0.3 is 0 Å². The van der Waals surface area contributed by atoms with Crippen LogP contribution in [0, 0.1) is 11.6 Å². The Balaban J connectivity index is 1.40. The molecule has 0 radical (unpaired) electrons. The van der Waals surface area contributed by atoms with Crippen molar-refractivity contribution < 1.29 is 23.4 Å². The van der Waals surface area contributed by atoms with Crippen LogP contribution in [0.2, 0.25) is 0 Å². The molecule has 0 aliphatic carbocycles. The van der Waals surface area contributed by atoms with Crippen molar-refractivity contribution in [2.45, 2.75) is 19.5 Å². The highest BCUT2D eigenvalue weighted by atomic mass is 19.1. The number of aliphatic hydroxyl groups is 1. The molecule has 2 aromatic rings. The Morgan fingerprint density at radius 3 is 2.56 bits per heavy atom. The van der Waals surface area contributed by atoms with Gasteiger partial charge in [0.15, 0.2) is 0 Å². The molecular formula is C24H29F2N3O3. The van der Waals surface area contributed by atoms with Crippen LogP contribution >= 0.6 is 0 Å². The SMILES string of the molecule is O=C(Cc1cc(F)ccc1F)N1CCOc2ccc(CN3CCN(CCO)CC3)cc2C1. The van der Waals surface area contributed by atoms with E-state index < -0.39 is 11.6 Å². The largest absolute Gasteiger partial charge is 0.491 e. The number of carbonyl (C=O) groups excluding carboxylic acids is 1. The van der Waals surface area contributed by atoms with Crippen molar-refractivity contribution in [2.24, 2.45) is 0 Å². The molecule has 2 aromatic carbocycles. The van der Waals surface area contributed by atoms with Gasteiger partial charge in [0.05, 0.1) is 19.6 Å². The van der Waals surface area contributed by atoms with Crippen molar-refractivity contribution in [3.8, 4) is 5.75 Å². The molecule has 0 spiro atoms. The van der Waals surface area contributed by atoms with Gasteiger partial charge in [-0.15, -0.1) is 0 Å². The van der Waals surface area contributed by atoms with Crippen LogP contribution in [0.5, 0.6) is 5.75 Å². The number of piperazine rings is 1. The maximum atomic E-state index is 14.0. The lowest BCUT2D eigenvalue weighted by molar-refractivity contribution is -0.131. The molecule has 0 saturated carbocycles. The van der Waals surface area contributed by atoms with Crippen LogP contribution in [0.1, 0.15) is 16.7 Å². The van der Waals surface area contributed by atoms with E-state index in [1.165, 1.54) is 0 Å². The van der Waals surface area contributed by atoms with E-state index in [2.05, 4.69) is 21.9 Å². The zero-order valence-corrected chi connectivity index (χ0v) is 18.1. The summed E-state index contributed by atoms with van der Waals surface area (Å²) in [5.74, 6) is -0.627. The molecule has 172 valence electrons. The van der Waals surface area contributed by atoms with E-state index >= 15 is 0 Å². The van der Waals surface area contributed by atoms with Gasteiger partial charge in [0.2, 0.25) is 5.91 Å². The van der Waals surface area contributed by atoms with Crippen LogP contribution in [0.4, 0.5) is 8.78 Å². The van der Waals surface area contributed by atoms with Gasteiger partial charge in [-0.1, -0.05) is 6.07 Å². The van der Waals surface area contributed by atoms with Gasteiger partial charge in [-0.05, 0) is 35.9 Å². The number of hydrogen-bond donors (Lipinski definition) is 1. The quantitative estimate of drug-likeness (QED) is 0.738. The predicted molar refractivity (Wildman–Crippen MR) is 116 cm³/mol. The van der Waals surface area contributed by atoms with Crippen molar-refractivity contribution in [1.29, 1.82) is 0 Å². The summed E-state index contributed by atoms with van der Waals surface area (Å²) in [5.41, 5.74) is 2.13. The van der Waals surface area contributed by atoms with Gasteiger partial charge in [-0.25, -0.2) is 8.78 Å². The molecule has 0 atom stereocenters. The van der Waals surface area contributed by atoms with Gasteiger partial charge in [-0.2, -0.15) is 0 Å². The third kappa shape index (κ3) is 5.62. The van der Waals surface area contributed by atoms with Crippen LogP contribution in [-0.2, 0) is 24.3 Å². The molecule has 0 aromatic heterocycles. The van der Waals surface area contributed by atoms with E-state index in [1.807, 2.05) is 6.07 Å². The molecule has 1 fully saturated rings. The summed E-state index contributed by atoms with van der Waals surface area (Å²) in [5, 5.41) is 9.09. The number of rotatable bonds is 6. The summed E-state index contributed by atoms with van der Waals surface area (Å²) in [7, 11) is 0. The Labute approximate surface area is 187 Å². The molecule has 6 nitrogen and oxygen atoms in total. The van der Waals surface area contributed by atoms with E-state index in [9.17, 15) is 13.6 Å². The van der Waals surface area contributed by atoms with E-state index in [4.69, 9.17) is 9.84 Å². The zero-order valence-electron chi connectivity index (χ0n) is 18.1. The second kappa shape index (κ2) is 10.4. The highest BCUT2D eigenvalue weighted by molar-refractivity contribution is 5.79. The zero-order chi connectivity index (χ0) is 22.5. The van der Waals surface area contributed by atoms with Gasteiger partial charge in [0.25, 0.3) is 0 Å². The number of halogens is 2. The molecule has 1 N–H and O–H groups in total. The van der Waals surface area contributed by atoms with Crippen molar-refractivity contribution in [1.82, 2.24) is 14.7 Å². The molecule has 2 aliphatic rings. The fourth-order valence-corrected chi connectivity index (χ4v) is 4.28. The average Bonchev–Trinajstić information content (AvgIpc) is 3.00. The predicted octanol–water partition coefficient (Wildman–Crippen LogP) is 2.04. The van der Waals surface area contributed by atoms with E-state index in [-0.39, 0.29) is 24.5 Å². The van der Waals surface area contributed by atoms with E-state index in [0.29, 0.717) is 26.2 Å². The number of ether oxygens (including phenoxy) is 1. The number of hydrogen-bond acceptors (Lipinski definition) is 5. The number of β-amino-alcohol motifs (C(OH)–C–C–N with tert-alkyl or cyclic N) is 1. The molecule has 0 unspecified atom stereocenters. The van der Waals surface area contributed by atoms with Crippen LogP contribution in [0.15, 0.2) is 36.4 Å². The van der Waals surface area contributed by atoms with Gasteiger partial charge in [0, 0.05) is 56.9 Å². The van der Waals surface area contributed by atoms with Gasteiger partial charge in [0.1, 0.15) is 24.0 Å². The Morgan fingerprint density at radius 2 is 1.78 bits per heavy atom. The van der Waals surface area contributed by atoms with Gasteiger partial charge < -0.3 is 14.7 Å². The monoisotopic (exact) mass is 445 g/mol. The van der Waals surface area contributed by atoms with Crippen molar-refractivity contribution in [3.05, 3.63) is 64.7 Å². The van der Waals surface area contributed by atoms with Crippen molar-refractivity contribution in [2.75, 3.05) is 52.5 Å². The first kappa shape index (κ1) is 22.6. The molecule has 0 bridgehead atoms. The second-order valence-electron chi connectivity index (χ2n) is 8.36. The molecule has 8 heteroatoms. The Hall–Kier alpha value is -2.55. The summed E-state index contributed by atoms with van der Waals surface area (Å²) >= 11 is 0. The van der Waals surface area contributed by atoms with Crippen molar-refractivity contribution >= 4 is 5.91 Å². The second-order valence-corrected chi connectivity index (χ2v) is 8.36. The van der Waals surface area contributed by atoms with Crippen LogP contribution in [-0.4, -0.2) is 78.2 Å². The number of nitrogens with zero attached hydrogens (tertiary/aromatic N) is 3. The number of carbonyl (C=O) groups is 1. The first-order chi connectivity index (χ1) is 15.5. The van der Waals surface area contributed by atoms with E-state index in [1.54, 1.807) is 4.90 Å². The summed E-state index contributed by atoms with van der Waals surface area (Å²) in [6, 6.07) is 9.26. The molecule has 4 rings (SSSR count). The maximum absolute atomic E-state index is 14.0. The lowest BCUT2D eigenvalue weighted by atomic mass is 10.1. The Kier molecular flexibility index (Phi) is 7.34.